The molecule has 2 aromatic heterocycles. The minimum atomic E-state index is -1.88. The fourth-order valence-electron chi connectivity index (χ4n) is 6.15. The van der Waals surface area contributed by atoms with Gasteiger partial charge in [-0.1, -0.05) is 42.8 Å². The van der Waals surface area contributed by atoms with Crippen molar-refractivity contribution in [2.45, 2.75) is 31.6 Å². The predicted molar refractivity (Wildman–Crippen MR) is 155 cm³/mol. The maximum atomic E-state index is 14.9. The van der Waals surface area contributed by atoms with Crippen molar-refractivity contribution in [2.75, 3.05) is 19.5 Å². The maximum absolute atomic E-state index is 14.9. The zero-order chi connectivity index (χ0) is 29.9. The summed E-state index contributed by atoms with van der Waals surface area (Å²) in [7, 11) is 2.88. The Morgan fingerprint density at radius 3 is 2.60 bits per heavy atom. The zero-order valence-corrected chi connectivity index (χ0v) is 24.2. The number of anilines is 1. The van der Waals surface area contributed by atoms with Crippen LogP contribution in [0.3, 0.4) is 0 Å². The molecule has 7 rings (SSSR count). The Labute approximate surface area is 251 Å². The van der Waals surface area contributed by atoms with Gasteiger partial charge >= 0.3 is 0 Å². The number of hydrogen-bond donors (Lipinski definition) is 1. The first kappa shape index (κ1) is 27.0. The summed E-state index contributed by atoms with van der Waals surface area (Å²) in [6.45, 7) is 2.02. The molecule has 0 fully saturated rings. The molecule has 11 nitrogen and oxygen atoms in total. The van der Waals surface area contributed by atoms with Gasteiger partial charge in [0.2, 0.25) is 23.1 Å². The molecule has 0 amide bonds. The molecule has 1 spiro atoms. The van der Waals surface area contributed by atoms with Gasteiger partial charge in [0.15, 0.2) is 5.75 Å². The molecule has 43 heavy (non-hydrogen) atoms. The summed E-state index contributed by atoms with van der Waals surface area (Å²) < 4.78 is 25.2. The number of nitrogens with one attached hydrogen (secondary N) is 1. The van der Waals surface area contributed by atoms with Crippen molar-refractivity contribution in [3.63, 3.8) is 0 Å². The molecule has 1 unspecified atom stereocenters. The molecule has 2 aromatic carbocycles. The van der Waals surface area contributed by atoms with Gasteiger partial charge in [-0.05, 0) is 24.6 Å². The van der Waals surface area contributed by atoms with Gasteiger partial charge in [-0.15, -0.1) is 0 Å². The fourth-order valence-corrected chi connectivity index (χ4v) is 6.41. The minimum absolute atomic E-state index is 0.0629. The van der Waals surface area contributed by atoms with Crippen molar-refractivity contribution in [2.24, 2.45) is 5.92 Å². The Bertz CT molecular complexity index is 1820. The van der Waals surface area contributed by atoms with Crippen LogP contribution in [-0.2, 0) is 11.4 Å². The molecule has 0 saturated carbocycles. The zero-order valence-electron chi connectivity index (χ0n) is 23.5. The maximum Gasteiger partial charge on any atom is 0.236 e. The number of ether oxygens (including phenoxy) is 4. The van der Waals surface area contributed by atoms with Crippen LogP contribution in [0.5, 0.6) is 23.0 Å². The molecular formula is C31H26ClN5O6. The van der Waals surface area contributed by atoms with E-state index in [1.165, 1.54) is 26.6 Å². The lowest BCUT2D eigenvalue weighted by molar-refractivity contribution is -0.130. The largest absolute Gasteiger partial charge is 0.496 e. The molecule has 0 saturated heterocycles. The molecule has 4 heterocycles. The highest BCUT2D eigenvalue weighted by molar-refractivity contribution is 6.36. The van der Waals surface area contributed by atoms with Gasteiger partial charge in [0, 0.05) is 35.0 Å². The van der Waals surface area contributed by atoms with Crippen LogP contribution < -0.4 is 24.3 Å². The SMILES string of the molecule is COc1cc(OC)c2c(c1Cl)O[C@@]1(C(=O)C3=C(C[C@H]1C)Nc1ncnn1C3c1ccccc1OCc1ccccn1)C2=O. The van der Waals surface area contributed by atoms with Gasteiger partial charge in [-0.25, -0.2) is 4.68 Å². The second-order valence-electron chi connectivity index (χ2n) is 10.5. The van der Waals surface area contributed by atoms with Gasteiger partial charge in [0.1, 0.15) is 46.8 Å². The van der Waals surface area contributed by atoms with Crippen molar-refractivity contribution in [3.05, 3.63) is 94.2 Å². The number of fused-ring (bicyclic) bond motifs is 2. The Morgan fingerprint density at radius 2 is 1.84 bits per heavy atom. The first-order chi connectivity index (χ1) is 20.9. The van der Waals surface area contributed by atoms with Crippen LogP contribution in [0.4, 0.5) is 5.95 Å². The quantitative estimate of drug-likeness (QED) is 0.308. The topological polar surface area (TPSA) is 127 Å². The minimum Gasteiger partial charge on any atom is -0.496 e. The number of hydrogen-bond acceptors (Lipinski definition) is 10. The van der Waals surface area contributed by atoms with E-state index in [4.69, 9.17) is 30.5 Å². The molecule has 1 N–H and O–H groups in total. The first-order valence-corrected chi connectivity index (χ1v) is 14.0. The number of carbonyl (C=O) groups is 2. The van der Waals surface area contributed by atoms with E-state index in [9.17, 15) is 9.59 Å². The third-order valence-corrected chi connectivity index (χ3v) is 8.56. The average Bonchev–Trinajstić information content (AvgIpc) is 3.62. The lowest BCUT2D eigenvalue weighted by atomic mass is 9.68. The number of benzene rings is 2. The summed E-state index contributed by atoms with van der Waals surface area (Å²) in [5.41, 5.74) is 0.598. The molecule has 2 aliphatic heterocycles. The third-order valence-electron chi connectivity index (χ3n) is 8.20. The number of para-hydroxylation sites is 1. The lowest BCUT2D eigenvalue weighted by Gasteiger charge is -2.42. The fraction of sp³-hybridized carbons (Fsp3) is 0.258. The number of Topliss-reactive ketones (excluding diaryl/α,β-unsaturated/α-hetero) is 2. The summed E-state index contributed by atoms with van der Waals surface area (Å²) in [5.74, 6) is -0.0459. The number of pyridine rings is 1. The van der Waals surface area contributed by atoms with Gasteiger partial charge in [-0.3, -0.25) is 14.6 Å². The highest BCUT2D eigenvalue weighted by Crippen LogP contribution is 2.56. The molecule has 218 valence electrons. The van der Waals surface area contributed by atoms with E-state index in [0.29, 0.717) is 35.0 Å². The predicted octanol–water partition coefficient (Wildman–Crippen LogP) is 4.81. The van der Waals surface area contributed by atoms with Gasteiger partial charge in [0.05, 0.1) is 19.9 Å². The number of allylic oxidation sites excluding steroid dienone is 1. The van der Waals surface area contributed by atoms with Crippen LogP contribution >= 0.6 is 11.6 Å². The van der Waals surface area contributed by atoms with E-state index in [1.54, 1.807) is 10.9 Å². The molecule has 0 bridgehead atoms. The number of nitrogens with zero attached hydrogens (tertiary/aromatic N) is 4. The number of halogens is 1. The number of methoxy groups -OCH3 is 2. The highest BCUT2D eigenvalue weighted by atomic mass is 35.5. The average molecular weight is 600 g/mol. The van der Waals surface area contributed by atoms with Crippen molar-refractivity contribution >= 4 is 29.1 Å². The molecule has 4 aromatic rings. The van der Waals surface area contributed by atoms with Crippen molar-refractivity contribution < 1.29 is 28.5 Å². The van der Waals surface area contributed by atoms with Crippen molar-refractivity contribution in [1.29, 1.82) is 0 Å². The number of rotatable bonds is 6. The summed E-state index contributed by atoms with van der Waals surface area (Å²) in [4.78, 5) is 37.9. The third kappa shape index (κ3) is 3.91. The first-order valence-electron chi connectivity index (χ1n) is 13.6. The van der Waals surface area contributed by atoms with Crippen LogP contribution in [0.2, 0.25) is 5.02 Å². The lowest BCUT2D eigenvalue weighted by Crippen LogP contribution is -2.58. The van der Waals surface area contributed by atoms with Crippen molar-refractivity contribution in [1.82, 2.24) is 19.7 Å². The molecule has 12 heteroatoms. The number of aromatic nitrogens is 4. The van der Waals surface area contributed by atoms with E-state index in [0.717, 1.165) is 5.69 Å². The van der Waals surface area contributed by atoms with Crippen molar-refractivity contribution in [3.8, 4) is 23.0 Å². The summed E-state index contributed by atoms with van der Waals surface area (Å²) in [6.07, 6.45) is 3.43. The van der Waals surface area contributed by atoms with Crippen LogP contribution in [0.25, 0.3) is 0 Å². The Balaban J connectivity index is 1.35. The summed E-state index contributed by atoms with van der Waals surface area (Å²) in [6, 6.07) is 13.8. The molecule has 3 atom stereocenters. The Hall–Kier alpha value is -4.90. The Morgan fingerprint density at radius 1 is 1.05 bits per heavy atom. The summed E-state index contributed by atoms with van der Waals surface area (Å²) >= 11 is 6.63. The van der Waals surface area contributed by atoms with Crippen LogP contribution in [0, 0.1) is 5.92 Å². The van der Waals surface area contributed by atoms with E-state index < -0.39 is 29.1 Å². The second kappa shape index (κ2) is 10.1. The molecule has 0 radical (unpaired) electrons. The van der Waals surface area contributed by atoms with Gasteiger partial charge < -0.3 is 24.3 Å². The second-order valence-corrected chi connectivity index (χ2v) is 10.9. The van der Waals surface area contributed by atoms with E-state index in [1.807, 2.05) is 49.4 Å². The van der Waals surface area contributed by atoms with Crippen LogP contribution in [0.15, 0.2) is 72.3 Å². The highest BCUT2D eigenvalue weighted by Gasteiger charge is 2.63. The monoisotopic (exact) mass is 599 g/mol. The molecule has 1 aliphatic carbocycles. The normalized spacial score (nSPS) is 22.0. The van der Waals surface area contributed by atoms with E-state index in [2.05, 4.69) is 20.4 Å². The van der Waals surface area contributed by atoms with E-state index in [-0.39, 0.29) is 34.4 Å². The number of carbonyl (C=O) groups excluding carboxylic acids is 2. The standard InChI is InChI=1S/C31H26ClN5O6/c1-16-12-19-23(28(38)31(16)29(39)24-21(40-2)13-22(41-3)25(32)27(24)43-31)26(37-30(36-19)34-15-35-37)18-9-4-5-10-20(18)42-14-17-8-6-7-11-33-17/h4-11,13,15-16,26H,12,14H2,1-3H3,(H,34,35,36)/t16-,26?,31+/m1/s1. The van der Waals surface area contributed by atoms with Crippen LogP contribution in [0.1, 0.15) is 41.0 Å². The number of ketones is 2. The van der Waals surface area contributed by atoms with Gasteiger partial charge in [0.25, 0.3) is 0 Å². The smallest absolute Gasteiger partial charge is 0.236 e. The summed E-state index contributed by atoms with van der Waals surface area (Å²) in [5, 5.41) is 7.82. The molecule has 3 aliphatic rings. The molecular weight excluding hydrogens is 574 g/mol. The van der Waals surface area contributed by atoms with Crippen LogP contribution in [-0.4, -0.2) is 51.1 Å². The van der Waals surface area contributed by atoms with E-state index >= 15 is 0 Å². The van der Waals surface area contributed by atoms with Gasteiger partial charge in [-0.2, -0.15) is 10.1 Å². The Kier molecular flexibility index (Phi) is 6.35.